The minimum Gasteiger partial charge on any atom is -0.325 e. The second-order valence-electron chi connectivity index (χ2n) is 4.46. The van der Waals surface area contributed by atoms with Crippen LogP contribution in [0.1, 0.15) is 13.3 Å². The molecule has 106 valence electrons. The fourth-order valence-electron chi connectivity index (χ4n) is 1.87. The molecule has 2 aromatic rings. The molecule has 2 rings (SSSR count). The zero-order valence-corrected chi connectivity index (χ0v) is 12.8. The molecule has 0 saturated heterocycles. The van der Waals surface area contributed by atoms with Crippen molar-refractivity contribution in [1.29, 1.82) is 0 Å². The highest BCUT2D eigenvalue weighted by Crippen LogP contribution is 2.13. The van der Waals surface area contributed by atoms with Gasteiger partial charge in [-0.2, -0.15) is 0 Å². The van der Waals surface area contributed by atoms with Crippen molar-refractivity contribution in [2.45, 2.75) is 26.4 Å². The smallest absolute Gasteiger partial charge is 0.325 e. The molecule has 0 aliphatic carbocycles. The topological polar surface area (TPSA) is 56.0 Å². The van der Waals surface area contributed by atoms with Crippen molar-refractivity contribution in [2.24, 2.45) is 0 Å². The lowest BCUT2D eigenvalue weighted by atomic mass is 10.3. The molecule has 0 aliphatic rings. The lowest BCUT2D eigenvalue weighted by Crippen LogP contribution is -2.29. The van der Waals surface area contributed by atoms with E-state index in [0.717, 1.165) is 10.9 Å². The third-order valence-corrected chi connectivity index (χ3v) is 3.35. The summed E-state index contributed by atoms with van der Waals surface area (Å²) in [5, 5.41) is 2.76. The van der Waals surface area contributed by atoms with Gasteiger partial charge in [-0.15, -0.1) is 0 Å². The lowest BCUT2D eigenvalue weighted by Gasteiger charge is -2.05. The second-order valence-corrected chi connectivity index (χ2v) is 5.37. The molecular formula is C14H16BrN3O2. The molecule has 0 spiro atoms. The molecule has 0 aliphatic heterocycles. The van der Waals surface area contributed by atoms with Gasteiger partial charge in [-0.1, -0.05) is 22.9 Å². The normalized spacial score (nSPS) is 10.5. The molecule has 0 atom stereocenters. The molecule has 1 heterocycles. The average molecular weight is 338 g/mol. The summed E-state index contributed by atoms with van der Waals surface area (Å²) < 4.78 is 3.96. The quantitative estimate of drug-likeness (QED) is 0.911. The molecule has 1 aromatic carbocycles. The monoisotopic (exact) mass is 337 g/mol. The summed E-state index contributed by atoms with van der Waals surface area (Å²) >= 11 is 3.33. The summed E-state index contributed by atoms with van der Waals surface area (Å²) in [4.78, 5) is 23.8. The third-order valence-electron chi connectivity index (χ3n) is 2.82. The zero-order chi connectivity index (χ0) is 14.5. The first-order chi connectivity index (χ1) is 9.60. The van der Waals surface area contributed by atoms with E-state index in [1.54, 1.807) is 29.1 Å². The number of rotatable bonds is 5. The molecule has 0 fully saturated rings. The van der Waals surface area contributed by atoms with Gasteiger partial charge in [0, 0.05) is 29.1 Å². The van der Waals surface area contributed by atoms with Crippen molar-refractivity contribution in [2.75, 3.05) is 5.32 Å². The van der Waals surface area contributed by atoms with Crippen LogP contribution in [0.2, 0.25) is 0 Å². The summed E-state index contributed by atoms with van der Waals surface area (Å²) in [6, 6.07) is 7.29. The van der Waals surface area contributed by atoms with Gasteiger partial charge < -0.3 is 5.32 Å². The molecular weight excluding hydrogens is 322 g/mol. The van der Waals surface area contributed by atoms with Crippen molar-refractivity contribution in [3.8, 4) is 0 Å². The maximum Gasteiger partial charge on any atom is 0.328 e. The van der Waals surface area contributed by atoms with Gasteiger partial charge in [0.2, 0.25) is 5.91 Å². The fraction of sp³-hybridized carbons (Fsp3) is 0.286. The van der Waals surface area contributed by atoms with E-state index in [1.165, 1.54) is 4.57 Å². The van der Waals surface area contributed by atoms with Crippen LogP contribution in [0.25, 0.3) is 0 Å². The maximum absolute atomic E-state index is 11.9. The van der Waals surface area contributed by atoms with Gasteiger partial charge in [-0.3, -0.25) is 13.9 Å². The number of imidazole rings is 1. The van der Waals surface area contributed by atoms with Crippen LogP contribution in [0.3, 0.4) is 0 Å². The second kappa shape index (κ2) is 6.56. The molecule has 0 radical (unpaired) electrons. The molecule has 5 nitrogen and oxygen atoms in total. The van der Waals surface area contributed by atoms with Crippen LogP contribution in [0.5, 0.6) is 0 Å². The summed E-state index contributed by atoms with van der Waals surface area (Å²) in [5.41, 5.74) is 0.553. The predicted octanol–water partition coefficient (Wildman–Crippen LogP) is 2.46. The van der Waals surface area contributed by atoms with Crippen LogP contribution >= 0.6 is 15.9 Å². The van der Waals surface area contributed by atoms with E-state index in [2.05, 4.69) is 21.2 Å². The van der Waals surface area contributed by atoms with Crippen LogP contribution in [-0.4, -0.2) is 15.0 Å². The molecule has 0 unspecified atom stereocenters. The highest BCUT2D eigenvalue weighted by Gasteiger charge is 2.07. The number of amides is 1. The number of anilines is 1. The Morgan fingerprint density at radius 1 is 1.20 bits per heavy atom. The minimum atomic E-state index is -0.219. The van der Waals surface area contributed by atoms with E-state index in [-0.39, 0.29) is 18.1 Å². The number of carbonyl (C=O) groups excluding carboxylic acids is 1. The molecule has 0 bridgehead atoms. The summed E-state index contributed by atoms with van der Waals surface area (Å²) in [6.07, 6.45) is 4.23. The Kier molecular flexibility index (Phi) is 4.79. The number of carbonyl (C=O) groups is 1. The van der Waals surface area contributed by atoms with Crippen molar-refractivity contribution in [1.82, 2.24) is 9.13 Å². The van der Waals surface area contributed by atoms with Crippen LogP contribution in [0, 0.1) is 0 Å². The van der Waals surface area contributed by atoms with E-state index in [9.17, 15) is 9.59 Å². The Bertz CT molecular complexity index is 643. The van der Waals surface area contributed by atoms with E-state index in [4.69, 9.17) is 0 Å². The largest absolute Gasteiger partial charge is 0.328 e. The van der Waals surface area contributed by atoms with Crippen LogP contribution in [-0.2, 0) is 17.9 Å². The Balaban J connectivity index is 2.01. The van der Waals surface area contributed by atoms with Crippen LogP contribution in [0.15, 0.2) is 45.9 Å². The van der Waals surface area contributed by atoms with Crippen LogP contribution in [0.4, 0.5) is 5.69 Å². The fourth-order valence-corrected chi connectivity index (χ4v) is 2.14. The summed E-state index contributed by atoms with van der Waals surface area (Å²) in [6.45, 7) is 2.69. The molecule has 1 amide bonds. The van der Waals surface area contributed by atoms with Gasteiger partial charge in [0.1, 0.15) is 6.54 Å². The lowest BCUT2D eigenvalue weighted by molar-refractivity contribution is -0.116. The number of benzene rings is 1. The van der Waals surface area contributed by atoms with Gasteiger partial charge in [0.05, 0.1) is 0 Å². The summed E-state index contributed by atoms with van der Waals surface area (Å²) in [7, 11) is 0. The Morgan fingerprint density at radius 3 is 2.50 bits per heavy atom. The van der Waals surface area contributed by atoms with Gasteiger partial charge >= 0.3 is 5.69 Å². The number of hydrogen-bond acceptors (Lipinski definition) is 2. The average Bonchev–Trinajstić information content (AvgIpc) is 2.75. The maximum atomic E-state index is 11.9. The SMILES string of the molecule is CCCn1ccn(CC(=O)Nc2ccc(Br)cc2)c1=O. The van der Waals surface area contributed by atoms with Gasteiger partial charge in [0.25, 0.3) is 0 Å². The van der Waals surface area contributed by atoms with Gasteiger partial charge in [0.15, 0.2) is 0 Å². The van der Waals surface area contributed by atoms with E-state index in [0.29, 0.717) is 12.2 Å². The molecule has 1 aromatic heterocycles. The van der Waals surface area contributed by atoms with E-state index < -0.39 is 0 Å². The highest BCUT2D eigenvalue weighted by molar-refractivity contribution is 9.10. The number of aromatic nitrogens is 2. The van der Waals surface area contributed by atoms with Crippen molar-refractivity contribution in [3.63, 3.8) is 0 Å². The minimum absolute atomic E-state index is 0.0195. The third kappa shape index (κ3) is 3.60. The van der Waals surface area contributed by atoms with Gasteiger partial charge in [-0.05, 0) is 30.7 Å². The molecule has 20 heavy (non-hydrogen) atoms. The first-order valence-electron chi connectivity index (χ1n) is 6.41. The number of aryl methyl sites for hydroxylation is 1. The van der Waals surface area contributed by atoms with Gasteiger partial charge in [-0.25, -0.2) is 4.79 Å². The molecule has 0 saturated carbocycles. The number of nitrogens with zero attached hydrogens (tertiary/aromatic N) is 2. The number of nitrogens with one attached hydrogen (secondary N) is 1. The predicted molar refractivity (Wildman–Crippen MR) is 81.8 cm³/mol. The number of hydrogen-bond donors (Lipinski definition) is 1. The van der Waals surface area contributed by atoms with Crippen LogP contribution < -0.4 is 11.0 Å². The first kappa shape index (κ1) is 14.6. The zero-order valence-electron chi connectivity index (χ0n) is 11.2. The Morgan fingerprint density at radius 2 is 1.85 bits per heavy atom. The van der Waals surface area contributed by atoms with Crippen molar-refractivity contribution in [3.05, 3.63) is 51.6 Å². The molecule has 6 heteroatoms. The van der Waals surface area contributed by atoms with E-state index in [1.807, 2.05) is 19.1 Å². The summed E-state index contributed by atoms with van der Waals surface area (Å²) in [5.74, 6) is -0.219. The Labute approximate surface area is 125 Å². The molecule has 1 N–H and O–H groups in total. The van der Waals surface area contributed by atoms with E-state index >= 15 is 0 Å². The standard InChI is InChI=1S/C14H16BrN3O2/c1-2-7-17-8-9-18(14(17)20)10-13(19)16-12-5-3-11(15)4-6-12/h3-6,8-9H,2,7,10H2,1H3,(H,16,19). The Hall–Kier alpha value is -1.82. The highest BCUT2D eigenvalue weighted by atomic mass is 79.9. The van der Waals surface area contributed by atoms with Crippen molar-refractivity contribution >= 4 is 27.5 Å². The van der Waals surface area contributed by atoms with Crippen molar-refractivity contribution < 1.29 is 4.79 Å². The first-order valence-corrected chi connectivity index (χ1v) is 7.20. The number of halogens is 1.